The Morgan fingerprint density at radius 3 is 2.65 bits per heavy atom. The largest absolute Gasteiger partial charge is 0.494 e. The second-order valence-corrected chi connectivity index (χ2v) is 6.62. The summed E-state index contributed by atoms with van der Waals surface area (Å²) in [7, 11) is 1.79. The number of carbonyl (C=O) groups is 1. The highest BCUT2D eigenvalue weighted by Gasteiger charge is 2.11. The number of hydrogen-bond donors (Lipinski definition) is 0. The summed E-state index contributed by atoms with van der Waals surface area (Å²) in [5, 5.41) is 10.9. The van der Waals surface area contributed by atoms with Crippen LogP contribution < -0.4 is 9.54 Å². The second kappa shape index (κ2) is 7.49. The second-order valence-electron chi connectivity index (χ2n) is 5.61. The van der Waals surface area contributed by atoms with Gasteiger partial charge in [0, 0.05) is 19.2 Å². The van der Waals surface area contributed by atoms with Crippen LogP contribution >= 0.6 is 11.3 Å². The summed E-state index contributed by atoms with van der Waals surface area (Å²) in [5.41, 5.74) is 1.67. The number of carbonyl (C=O) groups excluding carboxylic acids is 1. The van der Waals surface area contributed by atoms with Gasteiger partial charge in [-0.15, -0.1) is 0 Å². The first-order valence-corrected chi connectivity index (χ1v) is 8.83. The number of ether oxygens (including phenoxy) is 1. The number of nitrogens with zero attached hydrogens (tertiary/aromatic N) is 3. The predicted molar refractivity (Wildman–Crippen MR) is 99.3 cm³/mol. The first-order valence-electron chi connectivity index (χ1n) is 8.01. The van der Waals surface area contributed by atoms with Crippen molar-refractivity contribution in [3.05, 3.63) is 62.9 Å². The highest BCUT2D eigenvalue weighted by Crippen LogP contribution is 2.22. The van der Waals surface area contributed by atoms with Crippen LogP contribution in [0.2, 0.25) is 0 Å². The number of aryl methyl sites for hydroxylation is 1. The van der Waals surface area contributed by atoms with E-state index in [2.05, 4.69) is 4.99 Å². The fraction of sp³-hybridized carbons (Fsp3) is 0.222. The molecule has 8 heteroatoms. The molecule has 3 aromatic rings. The predicted octanol–water partition coefficient (Wildman–Crippen LogP) is 3.22. The molecule has 1 heterocycles. The lowest BCUT2D eigenvalue weighted by atomic mass is 10.1. The summed E-state index contributed by atoms with van der Waals surface area (Å²) >= 11 is 1.25. The van der Waals surface area contributed by atoms with E-state index >= 15 is 0 Å². The van der Waals surface area contributed by atoms with E-state index in [9.17, 15) is 14.9 Å². The lowest BCUT2D eigenvalue weighted by Gasteiger charge is -2.03. The van der Waals surface area contributed by atoms with Crippen LogP contribution in [-0.4, -0.2) is 22.0 Å². The van der Waals surface area contributed by atoms with E-state index < -0.39 is 4.92 Å². The third-order valence-corrected chi connectivity index (χ3v) is 4.91. The number of amides is 1. The molecule has 26 heavy (non-hydrogen) atoms. The van der Waals surface area contributed by atoms with Crippen molar-refractivity contribution in [1.29, 1.82) is 0 Å². The van der Waals surface area contributed by atoms with Crippen LogP contribution in [0.25, 0.3) is 10.2 Å². The molecule has 0 aliphatic carbocycles. The highest BCUT2D eigenvalue weighted by atomic mass is 32.1. The third-order valence-electron chi connectivity index (χ3n) is 3.81. The number of nitro benzene ring substituents is 1. The van der Waals surface area contributed by atoms with Crippen molar-refractivity contribution in [1.82, 2.24) is 4.57 Å². The Balaban J connectivity index is 1.85. The van der Waals surface area contributed by atoms with Gasteiger partial charge in [0.05, 0.1) is 28.2 Å². The minimum Gasteiger partial charge on any atom is -0.494 e. The van der Waals surface area contributed by atoms with E-state index in [0.717, 1.165) is 16.8 Å². The van der Waals surface area contributed by atoms with Gasteiger partial charge in [-0.2, -0.15) is 4.99 Å². The number of non-ortho nitro benzene ring substituents is 1. The number of aromatic nitrogens is 1. The van der Waals surface area contributed by atoms with Crippen LogP contribution in [-0.2, 0) is 18.3 Å². The molecule has 0 aliphatic heterocycles. The standard InChI is InChI=1S/C18H17N3O4S/c1-3-25-14-7-4-12(5-8-14)10-17(22)19-18-20(2)15-9-6-13(21(23)24)11-16(15)26-18/h4-9,11H,3,10H2,1-2H3. The lowest BCUT2D eigenvalue weighted by Crippen LogP contribution is -2.14. The molecule has 0 radical (unpaired) electrons. The van der Waals surface area contributed by atoms with Crippen molar-refractivity contribution in [2.24, 2.45) is 12.0 Å². The Morgan fingerprint density at radius 2 is 2.00 bits per heavy atom. The van der Waals surface area contributed by atoms with E-state index in [1.165, 1.54) is 23.5 Å². The SMILES string of the molecule is CCOc1ccc(CC(=O)N=c2sc3cc([N+](=O)[O-])ccc3n2C)cc1. The monoisotopic (exact) mass is 371 g/mol. The van der Waals surface area contributed by atoms with Gasteiger partial charge < -0.3 is 9.30 Å². The fourth-order valence-electron chi connectivity index (χ4n) is 2.53. The zero-order valence-electron chi connectivity index (χ0n) is 14.3. The Morgan fingerprint density at radius 1 is 1.27 bits per heavy atom. The van der Waals surface area contributed by atoms with Crippen LogP contribution in [0, 0.1) is 10.1 Å². The summed E-state index contributed by atoms with van der Waals surface area (Å²) in [6.07, 6.45) is 0.181. The lowest BCUT2D eigenvalue weighted by molar-refractivity contribution is -0.384. The maximum Gasteiger partial charge on any atom is 0.270 e. The molecule has 0 saturated carbocycles. The van der Waals surface area contributed by atoms with Crippen molar-refractivity contribution < 1.29 is 14.5 Å². The molecule has 2 aromatic carbocycles. The van der Waals surface area contributed by atoms with Gasteiger partial charge in [0.1, 0.15) is 5.75 Å². The molecule has 1 aromatic heterocycles. The van der Waals surface area contributed by atoms with Gasteiger partial charge in [-0.25, -0.2) is 0 Å². The molecule has 0 bridgehead atoms. The third kappa shape index (κ3) is 3.80. The van der Waals surface area contributed by atoms with Gasteiger partial charge in [0.25, 0.3) is 11.6 Å². The Labute approximate surface area is 153 Å². The summed E-state index contributed by atoms with van der Waals surface area (Å²) in [6, 6.07) is 11.9. The van der Waals surface area contributed by atoms with Gasteiger partial charge in [-0.05, 0) is 30.7 Å². The number of benzene rings is 2. The van der Waals surface area contributed by atoms with Crippen LogP contribution in [0.4, 0.5) is 5.69 Å². The molecular formula is C18H17N3O4S. The topological polar surface area (TPSA) is 86.7 Å². The number of fused-ring (bicyclic) bond motifs is 1. The molecule has 1 amide bonds. The fourth-order valence-corrected chi connectivity index (χ4v) is 3.60. The molecule has 0 unspecified atom stereocenters. The van der Waals surface area contributed by atoms with E-state index in [1.807, 2.05) is 31.2 Å². The van der Waals surface area contributed by atoms with Crippen molar-refractivity contribution in [3.8, 4) is 5.75 Å². The van der Waals surface area contributed by atoms with Crippen molar-refractivity contribution in [3.63, 3.8) is 0 Å². The smallest absolute Gasteiger partial charge is 0.270 e. The zero-order valence-corrected chi connectivity index (χ0v) is 15.2. The van der Waals surface area contributed by atoms with Crippen LogP contribution in [0.5, 0.6) is 5.75 Å². The average molecular weight is 371 g/mol. The molecule has 0 fully saturated rings. The van der Waals surface area contributed by atoms with E-state index in [1.54, 1.807) is 17.7 Å². The van der Waals surface area contributed by atoms with Gasteiger partial charge >= 0.3 is 0 Å². The average Bonchev–Trinajstić information content (AvgIpc) is 2.92. The van der Waals surface area contributed by atoms with Gasteiger partial charge in [0.2, 0.25) is 0 Å². The maximum atomic E-state index is 12.3. The molecule has 3 rings (SSSR count). The summed E-state index contributed by atoms with van der Waals surface area (Å²) < 4.78 is 7.86. The summed E-state index contributed by atoms with van der Waals surface area (Å²) in [4.78, 5) is 27.4. The number of hydrogen-bond acceptors (Lipinski definition) is 5. The van der Waals surface area contributed by atoms with Crippen molar-refractivity contribution >= 4 is 33.1 Å². The van der Waals surface area contributed by atoms with Gasteiger partial charge in [-0.3, -0.25) is 14.9 Å². The molecule has 0 aliphatic rings. The van der Waals surface area contributed by atoms with Crippen LogP contribution in [0.15, 0.2) is 47.5 Å². The Kier molecular flexibility index (Phi) is 5.13. The van der Waals surface area contributed by atoms with Gasteiger partial charge in [-0.1, -0.05) is 23.5 Å². The zero-order chi connectivity index (χ0) is 18.7. The Bertz CT molecular complexity index is 1030. The summed E-state index contributed by atoms with van der Waals surface area (Å²) in [6.45, 7) is 2.50. The first kappa shape index (κ1) is 17.8. The Hall–Kier alpha value is -3.00. The van der Waals surface area contributed by atoms with Crippen LogP contribution in [0.3, 0.4) is 0 Å². The van der Waals surface area contributed by atoms with Crippen LogP contribution in [0.1, 0.15) is 12.5 Å². The molecular weight excluding hydrogens is 354 g/mol. The molecule has 0 N–H and O–H groups in total. The highest BCUT2D eigenvalue weighted by molar-refractivity contribution is 7.16. The van der Waals surface area contributed by atoms with E-state index in [0.29, 0.717) is 16.1 Å². The molecule has 134 valence electrons. The molecule has 0 atom stereocenters. The van der Waals surface area contributed by atoms with E-state index in [4.69, 9.17) is 4.74 Å². The molecule has 0 spiro atoms. The minimum absolute atomic E-state index is 0.0200. The number of nitro groups is 1. The quantitative estimate of drug-likeness (QED) is 0.509. The molecule has 0 saturated heterocycles. The normalized spacial score (nSPS) is 11.7. The summed E-state index contributed by atoms with van der Waals surface area (Å²) in [5.74, 6) is 0.490. The number of rotatable bonds is 5. The minimum atomic E-state index is -0.437. The van der Waals surface area contributed by atoms with Gasteiger partial charge in [0.15, 0.2) is 4.80 Å². The number of thiazole rings is 1. The van der Waals surface area contributed by atoms with Crippen molar-refractivity contribution in [2.45, 2.75) is 13.3 Å². The maximum absolute atomic E-state index is 12.3. The van der Waals surface area contributed by atoms with E-state index in [-0.39, 0.29) is 18.0 Å². The first-order chi connectivity index (χ1) is 12.5. The van der Waals surface area contributed by atoms with Crippen molar-refractivity contribution in [2.75, 3.05) is 6.61 Å². The molecule has 7 nitrogen and oxygen atoms in total.